The van der Waals surface area contributed by atoms with E-state index in [0.717, 1.165) is 31.7 Å². The molecule has 156 valence electrons. The molecule has 11 heteroatoms. The van der Waals surface area contributed by atoms with Gasteiger partial charge in [0.05, 0.1) is 18.0 Å². The molecule has 0 aliphatic heterocycles. The van der Waals surface area contributed by atoms with E-state index in [-0.39, 0.29) is 29.3 Å². The largest absolute Gasteiger partial charge is 0.365 e. The van der Waals surface area contributed by atoms with Crippen molar-refractivity contribution in [3.8, 4) is 5.82 Å². The molecule has 1 amide bonds. The number of carbonyl (C=O) groups is 1. The van der Waals surface area contributed by atoms with E-state index in [1.807, 2.05) is 0 Å². The van der Waals surface area contributed by atoms with Crippen molar-refractivity contribution in [3.63, 3.8) is 0 Å². The summed E-state index contributed by atoms with van der Waals surface area (Å²) < 4.78 is 14.6. The summed E-state index contributed by atoms with van der Waals surface area (Å²) in [5.74, 6) is -0.857. The maximum Gasteiger partial charge on any atom is 0.252 e. The number of rotatable bonds is 6. The smallest absolute Gasteiger partial charge is 0.252 e. The lowest BCUT2D eigenvalue weighted by molar-refractivity contribution is 0.100. The lowest BCUT2D eigenvalue weighted by atomic mass is 9.91. The fourth-order valence-corrected chi connectivity index (χ4v) is 3.46. The first-order chi connectivity index (χ1) is 14.5. The number of nitrogens with two attached hydrogens (primary N) is 2. The van der Waals surface area contributed by atoms with Crippen LogP contribution < -0.4 is 22.1 Å². The van der Waals surface area contributed by atoms with Gasteiger partial charge in [-0.05, 0) is 25.0 Å². The van der Waals surface area contributed by atoms with Crippen LogP contribution in [0, 0.1) is 5.82 Å². The highest BCUT2D eigenvalue weighted by Crippen LogP contribution is 2.27. The van der Waals surface area contributed by atoms with Crippen molar-refractivity contribution in [1.82, 2.24) is 25.0 Å². The van der Waals surface area contributed by atoms with Gasteiger partial charge in [-0.1, -0.05) is 12.8 Å². The number of nitrogens with zero attached hydrogens (tertiary/aromatic N) is 5. The molecule has 1 aliphatic rings. The third kappa shape index (κ3) is 4.20. The molecule has 1 fully saturated rings. The van der Waals surface area contributed by atoms with Gasteiger partial charge in [-0.2, -0.15) is 10.2 Å². The molecule has 1 saturated carbocycles. The summed E-state index contributed by atoms with van der Waals surface area (Å²) in [5, 5.41) is 14.2. The van der Waals surface area contributed by atoms with Gasteiger partial charge in [0.1, 0.15) is 5.82 Å². The minimum atomic E-state index is -0.798. The Bertz CT molecular complexity index is 1040. The minimum absolute atomic E-state index is 0.0212. The maximum absolute atomic E-state index is 14.6. The molecular formula is C19H22FN9O. The second kappa shape index (κ2) is 8.41. The van der Waals surface area contributed by atoms with Crippen LogP contribution in [0.25, 0.3) is 5.82 Å². The van der Waals surface area contributed by atoms with Crippen LogP contribution in [-0.2, 0) is 0 Å². The molecule has 6 N–H and O–H groups in total. The van der Waals surface area contributed by atoms with Gasteiger partial charge >= 0.3 is 0 Å². The SMILES string of the molecule is NC(=O)c1cc(F)c(NC2CCCCC2N)nc1Nc1ccnc(-n2nccn2)c1. The lowest BCUT2D eigenvalue weighted by Crippen LogP contribution is -2.43. The fraction of sp³-hybridized carbons (Fsp3) is 0.316. The van der Waals surface area contributed by atoms with E-state index < -0.39 is 11.7 Å². The number of amides is 1. The average molecular weight is 411 g/mol. The van der Waals surface area contributed by atoms with Gasteiger partial charge in [0.15, 0.2) is 17.5 Å². The van der Waals surface area contributed by atoms with E-state index >= 15 is 0 Å². The second-order valence-corrected chi connectivity index (χ2v) is 7.12. The first-order valence-electron chi connectivity index (χ1n) is 9.63. The molecule has 3 aromatic rings. The number of nitrogens with one attached hydrogen (secondary N) is 2. The van der Waals surface area contributed by atoms with Crippen molar-refractivity contribution >= 4 is 23.2 Å². The summed E-state index contributed by atoms with van der Waals surface area (Å²) >= 11 is 0. The molecule has 4 rings (SSSR count). The zero-order valence-electron chi connectivity index (χ0n) is 16.1. The molecule has 30 heavy (non-hydrogen) atoms. The summed E-state index contributed by atoms with van der Waals surface area (Å²) in [6, 6.07) is 4.24. The lowest BCUT2D eigenvalue weighted by Gasteiger charge is -2.30. The summed E-state index contributed by atoms with van der Waals surface area (Å²) in [6.45, 7) is 0. The number of primary amides is 1. The van der Waals surface area contributed by atoms with E-state index in [9.17, 15) is 9.18 Å². The van der Waals surface area contributed by atoms with Crippen molar-refractivity contribution in [2.45, 2.75) is 37.8 Å². The third-order valence-electron chi connectivity index (χ3n) is 5.01. The summed E-state index contributed by atoms with van der Waals surface area (Å²) in [4.78, 5) is 21.7. The molecule has 3 heterocycles. The van der Waals surface area contributed by atoms with Crippen molar-refractivity contribution in [1.29, 1.82) is 0 Å². The Hall–Kier alpha value is -3.60. The number of aromatic nitrogens is 5. The number of hydrogen-bond donors (Lipinski definition) is 4. The van der Waals surface area contributed by atoms with Gasteiger partial charge in [-0.15, -0.1) is 4.80 Å². The molecule has 2 unspecified atom stereocenters. The van der Waals surface area contributed by atoms with Gasteiger partial charge in [-0.25, -0.2) is 14.4 Å². The average Bonchev–Trinajstić information content (AvgIpc) is 3.27. The number of pyridine rings is 2. The van der Waals surface area contributed by atoms with Crippen molar-refractivity contribution in [3.05, 3.63) is 48.2 Å². The molecule has 0 aromatic carbocycles. The molecular weight excluding hydrogens is 389 g/mol. The Balaban J connectivity index is 1.64. The molecule has 0 spiro atoms. The Morgan fingerprint density at radius 1 is 1.13 bits per heavy atom. The van der Waals surface area contributed by atoms with E-state index in [1.165, 1.54) is 17.2 Å². The van der Waals surface area contributed by atoms with E-state index in [0.29, 0.717) is 11.5 Å². The van der Waals surface area contributed by atoms with Crippen molar-refractivity contribution in [2.24, 2.45) is 11.5 Å². The van der Waals surface area contributed by atoms with E-state index in [1.54, 1.807) is 18.3 Å². The standard InChI is InChI=1S/C19H22FN9O/c20-13-10-12(17(22)30)18(28-19(13)27-15-4-2-1-3-14(15)21)26-11-5-6-23-16(9-11)29-24-7-8-25-29/h5-10,14-15H,1-4,21H2,(H2,22,30)(H2,23,26,27,28). The predicted molar refractivity (Wildman–Crippen MR) is 109 cm³/mol. The highest BCUT2D eigenvalue weighted by molar-refractivity contribution is 5.98. The number of halogens is 1. The molecule has 0 bridgehead atoms. The molecule has 2 atom stereocenters. The summed E-state index contributed by atoms with van der Waals surface area (Å²) in [6.07, 6.45) is 8.37. The minimum Gasteiger partial charge on any atom is -0.365 e. The van der Waals surface area contributed by atoms with Gasteiger partial charge in [0.2, 0.25) is 0 Å². The van der Waals surface area contributed by atoms with Gasteiger partial charge in [0.25, 0.3) is 5.91 Å². The summed E-state index contributed by atoms with van der Waals surface area (Å²) in [7, 11) is 0. The Kier molecular flexibility index (Phi) is 5.53. The van der Waals surface area contributed by atoms with Crippen LogP contribution in [0.15, 0.2) is 36.8 Å². The fourth-order valence-electron chi connectivity index (χ4n) is 3.46. The molecule has 0 radical (unpaired) electrons. The van der Waals surface area contributed by atoms with Crippen LogP contribution in [0.1, 0.15) is 36.0 Å². The van der Waals surface area contributed by atoms with E-state index in [4.69, 9.17) is 11.5 Å². The van der Waals surface area contributed by atoms with Crippen LogP contribution >= 0.6 is 0 Å². The topological polar surface area (TPSA) is 150 Å². The Labute approximate surface area is 171 Å². The summed E-state index contributed by atoms with van der Waals surface area (Å²) in [5.41, 5.74) is 12.1. The normalized spacial score (nSPS) is 18.7. The third-order valence-corrected chi connectivity index (χ3v) is 5.01. The first-order valence-corrected chi connectivity index (χ1v) is 9.63. The van der Waals surface area contributed by atoms with Crippen LogP contribution in [0.3, 0.4) is 0 Å². The maximum atomic E-state index is 14.6. The van der Waals surface area contributed by atoms with Gasteiger partial charge < -0.3 is 22.1 Å². The quantitative estimate of drug-likeness (QED) is 0.479. The van der Waals surface area contributed by atoms with E-state index in [2.05, 4.69) is 30.8 Å². The number of hydrogen-bond acceptors (Lipinski definition) is 8. The monoisotopic (exact) mass is 411 g/mol. The number of carbonyl (C=O) groups excluding carboxylic acids is 1. The number of anilines is 3. The Morgan fingerprint density at radius 3 is 2.63 bits per heavy atom. The van der Waals surface area contributed by atoms with Crippen molar-refractivity contribution < 1.29 is 9.18 Å². The predicted octanol–water partition coefficient (Wildman–Crippen LogP) is 1.72. The van der Waals surface area contributed by atoms with Gasteiger partial charge in [0, 0.05) is 30.0 Å². The van der Waals surface area contributed by atoms with Gasteiger partial charge in [-0.3, -0.25) is 4.79 Å². The molecule has 1 aliphatic carbocycles. The molecule has 0 saturated heterocycles. The van der Waals surface area contributed by atoms with Crippen molar-refractivity contribution in [2.75, 3.05) is 10.6 Å². The molecule has 3 aromatic heterocycles. The molecule has 10 nitrogen and oxygen atoms in total. The zero-order valence-corrected chi connectivity index (χ0v) is 16.1. The first kappa shape index (κ1) is 19.7. The van der Waals surface area contributed by atoms with Crippen LogP contribution in [0.5, 0.6) is 0 Å². The van der Waals surface area contributed by atoms with Crippen LogP contribution in [0.4, 0.5) is 21.7 Å². The van der Waals surface area contributed by atoms with Crippen LogP contribution in [0.2, 0.25) is 0 Å². The zero-order chi connectivity index (χ0) is 21.1. The second-order valence-electron chi connectivity index (χ2n) is 7.12. The highest BCUT2D eigenvalue weighted by atomic mass is 19.1. The Morgan fingerprint density at radius 2 is 1.90 bits per heavy atom. The highest BCUT2D eigenvalue weighted by Gasteiger charge is 2.24. The van der Waals surface area contributed by atoms with Crippen LogP contribution in [-0.4, -0.2) is 43.0 Å².